The van der Waals surface area contributed by atoms with Gasteiger partial charge in [-0.25, -0.2) is 0 Å². The van der Waals surface area contributed by atoms with Gasteiger partial charge in [0, 0.05) is 17.9 Å². The first-order chi connectivity index (χ1) is 10.2. The minimum atomic E-state index is -1.54. The van der Waals surface area contributed by atoms with E-state index in [0.717, 1.165) is 5.69 Å². The summed E-state index contributed by atoms with van der Waals surface area (Å²) < 4.78 is 7.62. The van der Waals surface area contributed by atoms with Crippen LogP contribution in [-0.4, -0.2) is 31.9 Å². The van der Waals surface area contributed by atoms with E-state index in [1.807, 2.05) is 16.9 Å². The lowest BCUT2D eigenvalue weighted by atomic mass is 9.82. The summed E-state index contributed by atoms with van der Waals surface area (Å²) in [5.74, 6) is 0.496. The van der Waals surface area contributed by atoms with Crippen molar-refractivity contribution in [2.45, 2.75) is 38.3 Å². The van der Waals surface area contributed by atoms with Crippen LogP contribution in [0.1, 0.15) is 37.4 Å². The summed E-state index contributed by atoms with van der Waals surface area (Å²) in [6.45, 7) is 0.340. The number of ether oxygens (including phenoxy) is 1. The summed E-state index contributed by atoms with van der Waals surface area (Å²) in [6.07, 6.45) is 9.88. The standard InChI is InChI=1S/C14H18BN3O3/c19-15(20)11-7-14(9-16-8-11)21-10-12-5-6-18(17-12)13-3-1-2-4-13/h5-9,13,19-20H,1-4,10H2. The van der Waals surface area contributed by atoms with Crippen molar-refractivity contribution in [2.24, 2.45) is 0 Å². The van der Waals surface area contributed by atoms with Crippen molar-refractivity contribution in [1.82, 2.24) is 14.8 Å². The van der Waals surface area contributed by atoms with Crippen LogP contribution >= 0.6 is 0 Å². The lowest BCUT2D eigenvalue weighted by Gasteiger charge is -2.09. The van der Waals surface area contributed by atoms with E-state index >= 15 is 0 Å². The number of hydrogen-bond acceptors (Lipinski definition) is 5. The Morgan fingerprint density at radius 2 is 2.10 bits per heavy atom. The third kappa shape index (κ3) is 3.43. The Morgan fingerprint density at radius 3 is 2.86 bits per heavy atom. The number of pyridine rings is 1. The maximum Gasteiger partial charge on any atom is 0.490 e. The highest BCUT2D eigenvalue weighted by Crippen LogP contribution is 2.28. The molecule has 0 aromatic carbocycles. The lowest BCUT2D eigenvalue weighted by Crippen LogP contribution is -2.30. The Balaban J connectivity index is 1.61. The zero-order valence-electron chi connectivity index (χ0n) is 11.7. The van der Waals surface area contributed by atoms with Crippen LogP contribution in [0.25, 0.3) is 0 Å². The van der Waals surface area contributed by atoms with Crippen molar-refractivity contribution >= 4 is 12.6 Å². The van der Waals surface area contributed by atoms with E-state index in [9.17, 15) is 0 Å². The van der Waals surface area contributed by atoms with Crippen molar-refractivity contribution in [1.29, 1.82) is 0 Å². The predicted molar refractivity (Wildman–Crippen MR) is 78.1 cm³/mol. The summed E-state index contributed by atoms with van der Waals surface area (Å²) in [6, 6.07) is 4.04. The van der Waals surface area contributed by atoms with Crippen molar-refractivity contribution in [3.63, 3.8) is 0 Å². The largest absolute Gasteiger partial charge is 0.490 e. The molecule has 1 aliphatic rings. The topological polar surface area (TPSA) is 80.4 Å². The van der Waals surface area contributed by atoms with E-state index in [1.165, 1.54) is 31.9 Å². The van der Waals surface area contributed by atoms with Gasteiger partial charge < -0.3 is 14.8 Å². The van der Waals surface area contributed by atoms with Crippen LogP contribution in [0, 0.1) is 0 Å². The number of hydrogen-bond donors (Lipinski definition) is 2. The molecule has 6 nitrogen and oxygen atoms in total. The van der Waals surface area contributed by atoms with Crippen LogP contribution in [0.2, 0.25) is 0 Å². The zero-order valence-corrected chi connectivity index (χ0v) is 11.7. The van der Waals surface area contributed by atoms with Gasteiger partial charge in [0.2, 0.25) is 0 Å². The Bertz CT molecular complexity index is 597. The quantitative estimate of drug-likeness (QED) is 0.789. The fourth-order valence-electron chi connectivity index (χ4n) is 2.64. The number of rotatable bonds is 5. The van der Waals surface area contributed by atoms with Crippen molar-refractivity contribution in [2.75, 3.05) is 0 Å². The second kappa shape index (κ2) is 6.28. The minimum absolute atomic E-state index is 0.309. The Labute approximate surface area is 123 Å². The van der Waals surface area contributed by atoms with Gasteiger partial charge in [-0.2, -0.15) is 5.10 Å². The SMILES string of the molecule is OB(O)c1cncc(OCc2ccn(C3CCCC3)n2)c1. The van der Waals surface area contributed by atoms with E-state index in [1.54, 1.807) is 12.3 Å². The summed E-state index contributed by atoms with van der Waals surface area (Å²) in [7, 11) is -1.54. The fourth-order valence-corrected chi connectivity index (χ4v) is 2.64. The molecule has 0 saturated heterocycles. The van der Waals surface area contributed by atoms with E-state index in [-0.39, 0.29) is 0 Å². The molecular weight excluding hydrogens is 269 g/mol. The summed E-state index contributed by atoms with van der Waals surface area (Å²) >= 11 is 0. The lowest BCUT2D eigenvalue weighted by molar-refractivity contribution is 0.297. The molecule has 2 aromatic heterocycles. The third-order valence-electron chi connectivity index (χ3n) is 3.78. The van der Waals surface area contributed by atoms with Crippen molar-refractivity contribution < 1.29 is 14.8 Å². The Hall–Kier alpha value is -1.86. The van der Waals surface area contributed by atoms with Crippen LogP contribution in [0.4, 0.5) is 0 Å². The summed E-state index contributed by atoms with van der Waals surface area (Å²) in [4.78, 5) is 3.92. The average molecular weight is 287 g/mol. The van der Waals surface area contributed by atoms with E-state index in [2.05, 4.69) is 10.1 Å². The highest BCUT2D eigenvalue weighted by molar-refractivity contribution is 6.58. The van der Waals surface area contributed by atoms with Crippen molar-refractivity contribution in [3.05, 3.63) is 36.4 Å². The molecule has 0 aliphatic heterocycles. The van der Waals surface area contributed by atoms with Crippen LogP contribution in [-0.2, 0) is 6.61 Å². The summed E-state index contributed by atoms with van der Waals surface area (Å²) in [5.41, 5.74) is 1.17. The Morgan fingerprint density at radius 1 is 1.29 bits per heavy atom. The Kier molecular flexibility index (Phi) is 4.22. The maximum atomic E-state index is 9.10. The number of nitrogens with zero attached hydrogens (tertiary/aromatic N) is 3. The molecular formula is C14H18BN3O3. The molecule has 0 spiro atoms. The van der Waals surface area contributed by atoms with Crippen LogP contribution in [0.15, 0.2) is 30.7 Å². The van der Waals surface area contributed by atoms with Gasteiger partial charge in [-0.15, -0.1) is 0 Å². The molecule has 2 heterocycles. The van der Waals surface area contributed by atoms with Gasteiger partial charge in [0.15, 0.2) is 0 Å². The highest BCUT2D eigenvalue weighted by Gasteiger charge is 2.17. The molecule has 3 rings (SSSR count). The summed E-state index contributed by atoms with van der Waals surface area (Å²) in [5, 5.41) is 22.7. The second-order valence-corrected chi connectivity index (χ2v) is 5.34. The molecule has 1 saturated carbocycles. The van der Waals surface area contributed by atoms with E-state index in [4.69, 9.17) is 14.8 Å². The molecule has 1 aliphatic carbocycles. The molecule has 0 atom stereocenters. The van der Waals surface area contributed by atoms with Crippen LogP contribution in [0.5, 0.6) is 5.75 Å². The van der Waals surface area contributed by atoms with Gasteiger partial charge in [-0.05, 0) is 25.0 Å². The van der Waals surface area contributed by atoms with Gasteiger partial charge in [-0.1, -0.05) is 12.8 Å². The molecule has 2 N–H and O–H groups in total. The highest BCUT2D eigenvalue weighted by atomic mass is 16.5. The molecule has 2 aromatic rings. The third-order valence-corrected chi connectivity index (χ3v) is 3.78. The maximum absolute atomic E-state index is 9.10. The van der Waals surface area contributed by atoms with E-state index in [0.29, 0.717) is 23.9 Å². The van der Waals surface area contributed by atoms with Crippen LogP contribution < -0.4 is 10.2 Å². The van der Waals surface area contributed by atoms with Gasteiger partial charge >= 0.3 is 7.12 Å². The molecule has 0 unspecified atom stereocenters. The van der Waals surface area contributed by atoms with Gasteiger partial charge in [0.1, 0.15) is 12.4 Å². The molecule has 7 heteroatoms. The minimum Gasteiger partial charge on any atom is -0.486 e. The molecule has 21 heavy (non-hydrogen) atoms. The first-order valence-corrected chi connectivity index (χ1v) is 7.20. The molecule has 0 bridgehead atoms. The monoisotopic (exact) mass is 287 g/mol. The zero-order chi connectivity index (χ0) is 14.7. The average Bonchev–Trinajstić information content (AvgIpc) is 3.16. The normalized spacial score (nSPS) is 15.3. The number of aromatic nitrogens is 3. The first-order valence-electron chi connectivity index (χ1n) is 7.20. The molecule has 1 fully saturated rings. The van der Waals surface area contributed by atoms with E-state index < -0.39 is 7.12 Å². The van der Waals surface area contributed by atoms with Crippen molar-refractivity contribution in [3.8, 4) is 5.75 Å². The smallest absolute Gasteiger partial charge is 0.486 e. The fraction of sp³-hybridized carbons (Fsp3) is 0.429. The molecule has 0 radical (unpaired) electrons. The second-order valence-electron chi connectivity index (χ2n) is 5.34. The molecule has 110 valence electrons. The van der Waals surface area contributed by atoms with Crippen LogP contribution in [0.3, 0.4) is 0 Å². The predicted octanol–water partition coefficient (Wildman–Crippen LogP) is 0.652. The first kappa shape index (κ1) is 14.1. The van der Waals surface area contributed by atoms with Gasteiger partial charge in [0.25, 0.3) is 0 Å². The van der Waals surface area contributed by atoms with Gasteiger partial charge in [-0.3, -0.25) is 9.67 Å². The molecule has 0 amide bonds. The van der Waals surface area contributed by atoms with Gasteiger partial charge in [0.05, 0.1) is 17.9 Å².